The second-order valence-electron chi connectivity index (χ2n) is 1.73. The van der Waals surface area contributed by atoms with Crippen LogP contribution in [0.3, 0.4) is 0 Å². The van der Waals surface area contributed by atoms with Crippen molar-refractivity contribution in [2.75, 3.05) is 6.54 Å². The Balaban J connectivity index is 3.39. The van der Waals surface area contributed by atoms with E-state index in [1.54, 1.807) is 0 Å². The number of halogens is 1. The average molecular weight is 178 g/mol. The molecule has 0 heterocycles. The summed E-state index contributed by atoms with van der Waals surface area (Å²) < 4.78 is 0. The maximum Gasteiger partial charge on any atom is 0.305 e. The van der Waals surface area contributed by atoms with Crippen molar-refractivity contribution in [1.29, 1.82) is 0 Å². The zero-order valence-corrected chi connectivity index (χ0v) is 6.47. The fraction of sp³-hybridized carbons (Fsp3) is 0.333. The summed E-state index contributed by atoms with van der Waals surface area (Å²) in [6.07, 6.45) is 1.03. The molecule has 0 fully saturated rings. The fourth-order valence-electron chi connectivity index (χ4n) is 0.409. The molecule has 5 heteroatoms. The topological polar surface area (TPSA) is 66.4 Å². The molecule has 0 aromatic carbocycles. The van der Waals surface area contributed by atoms with Gasteiger partial charge in [0.1, 0.15) is 0 Å². The lowest BCUT2D eigenvalue weighted by Gasteiger charge is -1.96. The van der Waals surface area contributed by atoms with Gasteiger partial charge in [-0.25, -0.2) is 0 Å². The summed E-state index contributed by atoms with van der Waals surface area (Å²) in [6, 6.07) is 0. The molecule has 62 valence electrons. The number of carboxylic acids is 1. The van der Waals surface area contributed by atoms with Crippen molar-refractivity contribution in [3.63, 3.8) is 0 Å². The van der Waals surface area contributed by atoms with Crippen LogP contribution in [0.15, 0.2) is 11.6 Å². The average Bonchev–Trinajstić information content (AvgIpc) is 1.87. The molecule has 0 aliphatic heterocycles. The van der Waals surface area contributed by atoms with Gasteiger partial charge in [-0.15, -0.1) is 0 Å². The minimum Gasteiger partial charge on any atom is -0.481 e. The quantitative estimate of drug-likeness (QED) is 0.609. The van der Waals surface area contributed by atoms with Gasteiger partial charge in [-0.2, -0.15) is 0 Å². The molecule has 2 N–H and O–H groups in total. The molecule has 11 heavy (non-hydrogen) atoms. The van der Waals surface area contributed by atoms with Crippen LogP contribution in [-0.2, 0) is 9.59 Å². The first-order valence-electron chi connectivity index (χ1n) is 2.93. The summed E-state index contributed by atoms with van der Waals surface area (Å²) in [7, 11) is 0. The minimum absolute atomic E-state index is 0.0815. The third kappa shape index (κ3) is 6.86. The van der Waals surface area contributed by atoms with Gasteiger partial charge in [-0.05, 0) is 0 Å². The Morgan fingerprint density at radius 3 is 2.64 bits per heavy atom. The lowest BCUT2D eigenvalue weighted by atomic mass is 10.4. The number of aliphatic carboxylic acids is 1. The smallest absolute Gasteiger partial charge is 0.305 e. The zero-order chi connectivity index (χ0) is 8.69. The summed E-state index contributed by atoms with van der Waals surface area (Å²) in [5.74, 6) is -1.33. The molecule has 0 radical (unpaired) electrons. The molecule has 0 atom stereocenters. The molecular weight excluding hydrogens is 170 g/mol. The van der Waals surface area contributed by atoms with E-state index in [2.05, 4.69) is 5.32 Å². The van der Waals surface area contributed by atoms with Gasteiger partial charge in [-0.1, -0.05) is 11.6 Å². The molecule has 0 rings (SSSR count). The lowest BCUT2D eigenvalue weighted by molar-refractivity contribution is -0.136. The predicted molar refractivity (Wildman–Crippen MR) is 40.3 cm³/mol. The first kappa shape index (κ1) is 9.97. The summed E-state index contributed by atoms with van der Waals surface area (Å²) in [5, 5.41) is 10.5. The molecule has 1 amide bonds. The predicted octanol–water partition coefficient (Wildman–Crippen LogP) is 0.330. The third-order valence-electron chi connectivity index (χ3n) is 0.852. The van der Waals surface area contributed by atoms with Crippen LogP contribution in [-0.4, -0.2) is 23.5 Å². The van der Waals surface area contributed by atoms with Gasteiger partial charge < -0.3 is 10.4 Å². The summed E-state index contributed by atoms with van der Waals surface area (Å²) >= 11 is 5.08. The monoisotopic (exact) mass is 177 g/mol. The van der Waals surface area contributed by atoms with Crippen LogP contribution < -0.4 is 5.32 Å². The fourth-order valence-corrected chi connectivity index (χ4v) is 0.523. The number of hydrogen-bond donors (Lipinski definition) is 2. The number of carbonyl (C=O) groups is 2. The van der Waals surface area contributed by atoms with E-state index < -0.39 is 5.97 Å². The van der Waals surface area contributed by atoms with Crippen molar-refractivity contribution in [3.05, 3.63) is 11.6 Å². The SMILES string of the molecule is O=C(O)CCNC(=O)/C=C/Cl. The van der Waals surface area contributed by atoms with Crippen molar-refractivity contribution in [2.24, 2.45) is 0 Å². The van der Waals surface area contributed by atoms with Gasteiger partial charge >= 0.3 is 5.97 Å². The van der Waals surface area contributed by atoms with E-state index in [9.17, 15) is 9.59 Å². The Morgan fingerprint density at radius 1 is 1.55 bits per heavy atom. The Morgan fingerprint density at radius 2 is 2.18 bits per heavy atom. The molecule has 0 spiro atoms. The molecule has 0 aromatic rings. The molecular formula is C6H8ClNO3. The molecule has 0 aromatic heterocycles. The highest BCUT2D eigenvalue weighted by molar-refractivity contribution is 6.26. The van der Waals surface area contributed by atoms with Crippen LogP contribution in [0, 0.1) is 0 Å². The van der Waals surface area contributed by atoms with E-state index in [0.717, 1.165) is 11.6 Å². The van der Waals surface area contributed by atoms with Crippen molar-refractivity contribution in [1.82, 2.24) is 5.32 Å². The number of nitrogens with one attached hydrogen (secondary N) is 1. The van der Waals surface area contributed by atoms with E-state index in [1.807, 2.05) is 0 Å². The maximum atomic E-state index is 10.5. The van der Waals surface area contributed by atoms with Gasteiger partial charge in [-0.3, -0.25) is 9.59 Å². The standard InChI is InChI=1S/C6H8ClNO3/c7-3-1-5(9)8-4-2-6(10)11/h1,3H,2,4H2,(H,8,9)(H,10,11)/b3-1+. The zero-order valence-electron chi connectivity index (χ0n) is 5.71. The highest BCUT2D eigenvalue weighted by Crippen LogP contribution is 1.79. The minimum atomic E-state index is -0.944. The Labute approximate surface area is 68.8 Å². The first-order valence-corrected chi connectivity index (χ1v) is 3.37. The number of carbonyl (C=O) groups excluding carboxylic acids is 1. The molecule has 0 aliphatic carbocycles. The molecule has 0 saturated heterocycles. The van der Waals surface area contributed by atoms with Crippen LogP contribution in [0.5, 0.6) is 0 Å². The van der Waals surface area contributed by atoms with Gasteiger partial charge in [0.2, 0.25) is 5.91 Å². The van der Waals surface area contributed by atoms with Crippen molar-refractivity contribution < 1.29 is 14.7 Å². The molecule has 0 bridgehead atoms. The van der Waals surface area contributed by atoms with E-state index in [-0.39, 0.29) is 18.9 Å². The highest BCUT2D eigenvalue weighted by Gasteiger charge is 1.97. The summed E-state index contributed by atoms with van der Waals surface area (Å²) in [6.45, 7) is 0.120. The van der Waals surface area contributed by atoms with E-state index >= 15 is 0 Å². The van der Waals surface area contributed by atoms with E-state index in [1.165, 1.54) is 0 Å². The second kappa shape index (κ2) is 5.73. The van der Waals surface area contributed by atoms with Crippen molar-refractivity contribution >= 4 is 23.5 Å². The third-order valence-corrected chi connectivity index (χ3v) is 0.978. The van der Waals surface area contributed by atoms with Gasteiger partial charge in [0.15, 0.2) is 0 Å². The maximum absolute atomic E-state index is 10.5. The number of carboxylic acid groups (broad SMARTS) is 1. The highest BCUT2D eigenvalue weighted by atomic mass is 35.5. The Hall–Kier alpha value is -1.03. The molecule has 4 nitrogen and oxygen atoms in total. The van der Waals surface area contributed by atoms with E-state index in [0.29, 0.717) is 0 Å². The molecule has 0 unspecified atom stereocenters. The van der Waals surface area contributed by atoms with Crippen LogP contribution >= 0.6 is 11.6 Å². The van der Waals surface area contributed by atoms with Crippen LogP contribution in [0.1, 0.15) is 6.42 Å². The number of hydrogen-bond acceptors (Lipinski definition) is 2. The summed E-state index contributed by atoms with van der Waals surface area (Å²) in [5.41, 5.74) is 1.07. The first-order chi connectivity index (χ1) is 5.16. The molecule has 0 aliphatic rings. The van der Waals surface area contributed by atoms with Gasteiger partial charge in [0.05, 0.1) is 6.42 Å². The number of amides is 1. The summed E-state index contributed by atoms with van der Waals surface area (Å²) in [4.78, 5) is 20.5. The van der Waals surface area contributed by atoms with Crippen LogP contribution in [0.2, 0.25) is 0 Å². The largest absolute Gasteiger partial charge is 0.481 e. The molecule has 0 saturated carbocycles. The Kier molecular flexibility index (Phi) is 5.20. The van der Waals surface area contributed by atoms with Gasteiger partial charge in [0, 0.05) is 18.2 Å². The normalized spacial score (nSPS) is 9.91. The van der Waals surface area contributed by atoms with Crippen LogP contribution in [0.4, 0.5) is 0 Å². The van der Waals surface area contributed by atoms with Gasteiger partial charge in [0.25, 0.3) is 0 Å². The van der Waals surface area contributed by atoms with Crippen LogP contribution in [0.25, 0.3) is 0 Å². The second-order valence-corrected chi connectivity index (χ2v) is 1.98. The number of rotatable bonds is 4. The van der Waals surface area contributed by atoms with E-state index in [4.69, 9.17) is 16.7 Å². The Bertz CT molecular complexity index is 179. The van der Waals surface area contributed by atoms with Crippen molar-refractivity contribution in [2.45, 2.75) is 6.42 Å². The van der Waals surface area contributed by atoms with Crippen molar-refractivity contribution in [3.8, 4) is 0 Å². The lowest BCUT2D eigenvalue weighted by Crippen LogP contribution is -2.23.